The number of carbonyl (C=O) groups is 2. The average molecular weight is 326 g/mol. The van der Waals surface area contributed by atoms with Crippen molar-refractivity contribution >= 4 is 28.8 Å². The summed E-state index contributed by atoms with van der Waals surface area (Å²) in [5.74, 6) is -0.604. The normalized spacial score (nSPS) is 18.7. The molecule has 3 N–H and O–H groups in total. The van der Waals surface area contributed by atoms with E-state index in [0.717, 1.165) is 12.1 Å². The van der Waals surface area contributed by atoms with Gasteiger partial charge in [-0.3, -0.25) is 14.9 Å². The summed E-state index contributed by atoms with van der Waals surface area (Å²) >= 11 is 0. The molecule has 2 aromatic rings. The summed E-state index contributed by atoms with van der Waals surface area (Å²) in [6.45, 7) is 0. The van der Waals surface area contributed by atoms with Crippen LogP contribution in [0, 0.1) is 0 Å². The Morgan fingerprint density at radius 1 is 1.35 bits per heavy atom. The van der Waals surface area contributed by atoms with Crippen molar-refractivity contribution in [2.45, 2.75) is 31.5 Å². The van der Waals surface area contributed by atoms with Gasteiger partial charge in [0.2, 0.25) is 17.8 Å². The molecule has 2 heterocycles. The van der Waals surface area contributed by atoms with Gasteiger partial charge in [0.25, 0.3) is 0 Å². The second kappa shape index (κ2) is 5.56. The lowest BCUT2D eigenvalue weighted by molar-refractivity contribution is -0.137. The van der Waals surface area contributed by atoms with E-state index in [-0.39, 0.29) is 17.4 Å². The Morgan fingerprint density at radius 3 is 2.83 bits per heavy atom. The Labute approximate surface area is 128 Å². The monoisotopic (exact) mass is 326 g/mol. The van der Waals surface area contributed by atoms with E-state index >= 15 is 0 Å². The number of anilines is 1. The number of carbonyl (C=O) groups excluding carboxylic acids is 2. The van der Waals surface area contributed by atoms with Gasteiger partial charge in [-0.1, -0.05) is 0 Å². The summed E-state index contributed by atoms with van der Waals surface area (Å²) in [6, 6.07) is 2.43. The highest BCUT2D eigenvalue weighted by molar-refractivity contribution is 5.97. The summed E-state index contributed by atoms with van der Waals surface area (Å²) in [4.78, 5) is 30.0. The summed E-state index contributed by atoms with van der Waals surface area (Å²) < 4.78 is 38.0. The first-order chi connectivity index (χ1) is 10.8. The maximum absolute atomic E-state index is 12.7. The number of hydrogen-bond donors (Lipinski definition) is 3. The van der Waals surface area contributed by atoms with Crippen LogP contribution in [0.5, 0.6) is 0 Å². The van der Waals surface area contributed by atoms with Crippen molar-refractivity contribution in [2.24, 2.45) is 0 Å². The third-order valence-electron chi connectivity index (χ3n) is 3.60. The van der Waals surface area contributed by atoms with Crippen molar-refractivity contribution in [3.63, 3.8) is 0 Å². The number of aromatic amines is 1. The quantitative estimate of drug-likeness (QED) is 0.790. The molecule has 0 bridgehead atoms. The summed E-state index contributed by atoms with van der Waals surface area (Å²) in [5, 5.41) is 5.04. The van der Waals surface area contributed by atoms with Crippen molar-refractivity contribution in [2.75, 3.05) is 5.32 Å². The first-order valence-corrected chi connectivity index (χ1v) is 7.00. The van der Waals surface area contributed by atoms with Crippen LogP contribution in [0.4, 0.5) is 19.1 Å². The number of H-pyrrole nitrogens is 1. The van der Waals surface area contributed by atoms with E-state index < -0.39 is 23.7 Å². The zero-order valence-corrected chi connectivity index (χ0v) is 11.8. The van der Waals surface area contributed by atoms with Crippen molar-refractivity contribution < 1.29 is 22.8 Å². The zero-order chi connectivity index (χ0) is 16.6. The molecule has 1 aliphatic rings. The van der Waals surface area contributed by atoms with Crippen LogP contribution in [0.2, 0.25) is 0 Å². The zero-order valence-electron chi connectivity index (χ0n) is 11.8. The molecule has 3 rings (SSSR count). The van der Waals surface area contributed by atoms with Crippen LogP contribution in [-0.4, -0.2) is 27.8 Å². The Hall–Kier alpha value is -2.58. The number of fused-ring (bicyclic) bond motifs is 1. The minimum absolute atomic E-state index is 0.0455. The molecular formula is C14H13F3N4O2. The molecule has 6 nitrogen and oxygen atoms in total. The van der Waals surface area contributed by atoms with Gasteiger partial charge in [0.15, 0.2) is 0 Å². The summed E-state index contributed by atoms with van der Waals surface area (Å²) in [7, 11) is 0. The Bertz CT molecular complexity index is 769. The molecule has 1 atom stereocenters. The highest BCUT2D eigenvalue weighted by atomic mass is 19.4. The minimum Gasteiger partial charge on any atom is -0.344 e. The van der Waals surface area contributed by atoms with E-state index in [2.05, 4.69) is 20.6 Å². The fraction of sp³-hybridized carbons (Fsp3) is 0.357. The fourth-order valence-corrected chi connectivity index (χ4v) is 2.45. The van der Waals surface area contributed by atoms with Crippen molar-refractivity contribution in [1.29, 1.82) is 0 Å². The number of aromatic nitrogens is 2. The molecular weight excluding hydrogens is 313 g/mol. The second-order valence-corrected chi connectivity index (χ2v) is 5.32. The molecule has 1 aromatic carbocycles. The molecule has 1 fully saturated rings. The molecule has 0 radical (unpaired) electrons. The van der Waals surface area contributed by atoms with Crippen LogP contribution in [-0.2, 0) is 15.8 Å². The number of nitrogens with zero attached hydrogens (tertiary/aromatic N) is 1. The lowest BCUT2D eigenvalue weighted by Crippen LogP contribution is -2.46. The maximum Gasteiger partial charge on any atom is 0.416 e. The van der Waals surface area contributed by atoms with Gasteiger partial charge in [0, 0.05) is 6.42 Å². The Kier molecular flexibility index (Phi) is 3.70. The smallest absolute Gasteiger partial charge is 0.344 e. The number of alkyl halides is 3. The highest BCUT2D eigenvalue weighted by Crippen LogP contribution is 2.31. The molecule has 1 saturated heterocycles. The van der Waals surface area contributed by atoms with E-state index in [9.17, 15) is 22.8 Å². The third-order valence-corrected chi connectivity index (χ3v) is 3.60. The summed E-state index contributed by atoms with van der Waals surface area (Å²) in [5.41, 5.74) is -0.324. The van der Waals surface area contributed by atoms with Crippen LogP contribution in [0.1, 0.15) is 24.8 Å². The molecule has 9 heteroatoms. The number of halogens is 3. The van der Waals surface area contributed by atoms with E-state index in [1.54, 1.807) is 0 Å². The number of benzene rings is 1. The predicted molar refractivity (Wildman–Crippen MR) is 75.5 cm³/mol. The molecule has 122 valence electrons. The highest BCUT2D eigenvalue weighted by Gasteiger charge is 2.31. The van der Waals surface area contributed by atoms with Crippen LogP contribution in [0.25, 0.3) is 11.0 Å². The fourth-order valence-electron chi connectivity index (χ4n) is 2.45. The number of nitrogens with one attached hydrogen (secondary N) is 3. The second-order valence-electron chi connectivity index (χ2n) is 5.32. The van der Waals surface area contributed by atoms with Gasteiger partial charge in [0.05, 0.1) is 16.6 Å². The number of hydrogen-bond acceptors (Lipinski definition) is 3. The lowest BCUT2D eigenvalue weighted by Gasteiger charge is -2.21. The van der Waals surface area contributed by atoms with Crippen molar-refractivity contribution in [3.8, 4) is 0 Å². The topological polar surface area (TPSA) is 86.9 Å². The van der Waals surface area contributed by atoms with Crippen LogP contribution in [0.15, 0.2) is 18.2 Å². The largest absolute Gasteiger partial charge is 0.416 e. The lowest BCUT2D eigenvalue weighted by atomic mass is 10.0. The number of imidazole rings is 1. The van der Waals surface area contributed by atoms with Crippen LogP contribution < -0.4 is 10.6 Å². The van der Waals surface area contributed by atoms with E-state index in [1.165, 1.54) is 6.07 Å². The molecule has 0 spiro atoms. The SMILES string of the molecule is O=C1CCC[C@H](C(=O)Nc2nc3ccc(C(F)(F)F)cc3[nH]2)N1. The van der Waals surface area contributed by atoms with Gasteiger partial charge in [0.1, 0.15) is 6.04 Å². The van der Waals surface area contributed by atoms with E-state index in [0.29, 0.717) is 24.8 Å². The van der Waals surface area contributed by atoms with Gasteiger partial charge in [-0.2, -0.15) is 13.2 Å². The molecule has 0 saturated carbocycles. The third kappa shape index (κ3) is 3.27. The number of amides is 2. The van der Waals surface area contributed by atoms with E-state index in [1.807, 2.05) is 0 Å². The van der Waals surface area contributed by atoms with Crippen molar-refractivity contribution in [1.82, 2.24) is 15.3 Å². The average Bonchev–Trinajstić information content (AvgIpc) is 2.87. The molecule has 2 amide bonds. The first-order valence-electron chi connectivity index (χ1n) is 7.00. The predicted octanol–water partition coefficient (Wildman–Crippen LogP) is 2.19. The van der Waals surface area contributed by atoms with E-state index in [4.69, 9.17) is 0 Å². The molecule has 23 heavy (non-hydrogen) atoms. The minimum atomic E-state index is -4.45. The molecule has 1 aromatic heterocycles. The molecule has 1 aliphatic heterocycles. The van der Waals surface area contributed by atoms with Gasteiger partial charge in [-0.25, -0.2) is 4.98 Å². The summed E-state index contributed by atoms with van der Waals surface area (Å²) in [6.07, 6.45) is -2.95. The van der Waals surface area contributed by atoms with Crippen LogP contribution in [0.3, 0.4) is 0 Å². The number of rotatable bonds is 2. The standard InChI is InChI=1S/C14H13F3N4O2/c15-14(16,17)7-4-5-8-10(6-7)20-13(19-8)21-12(23)9-2-1-3-11(22)18-9/h4-6,9H,1-3H2,(H,18,22)(H2,19,20,21,23)/t9-/m1/s1. The van der Waals surface area contributed by atoms with Crippen molar-refractivity contribution in [3.05, 3.63) is 23.8 Å². The van der Waals surface area contributed by atoms with Gasteiger partial charge >= 0.3 is 6.18 Å². The first kappa shape index (κ1) is 15.3. The maximum atomic E-state index is 12.7. The van der Waals surface area contributed by atoms with Gasteiger partial charge in [-0.15, -0.1) is 0 Å². The number of piperidine rings is 1. The molecule has 0 unspecified atom stereocenters. The Morgan fingerprint density at radius 2 is 2.13 bits per heavy atom. The van der Waals surface area contributed by atoms with Gasteiger partial charge < -0.3 is 10.3 Å². The van der Waals surface area contributed by atoms with Crippen LogP contribution >= 0.6 is 0 Å². The Balaban J connectivity index is 1.78. The molecule has 0 aliphatic carbocycles. The van der Waals surface area contributed by atoms with Gasteiger partial charge in [-0.05, 0) is 31.0 Å².